The van der Waals surface area contributed by atoms with Gasteiger partial charge in [0, 0.05) is 15.8 Å². The van der Waals surface area contributed by atoms with E-state index in [9.17, 15) is 9.59 Å². The van der Waals surface area contributed by atoms with Gasteiger partial charge in [-0.1, -0.05) is 55.0 Å². The third-order valence-corrected chi connectivity index (χ3v) is 7.46. The van der Waals surface area contributed by atoms with E-state index in [0.717, 1.165) is 57.4 Å². The molecule has 0 radical (unpaired) electrons. The number of rotatable bonds is 4. The molecule has 5 nitrogen and oxygen atoms in total. The number of nitrogens with two attached hydrogens (primary N) is 1. The van der Waals surface area contributed by atoms with Gasteiger partial charge in [-0.3, -0.25) is 9.59 Å². The number of nitrogens with zero attached hydrogens (tertiary/aromatic N) is 1. The minimum atomic E-state index is -0.489. The number of carbonyl (C=O) groups excluding carboxylic acids is 2. The molecule has 0 unspecified atom stereocenters. The Morgan fingerprint density at radius 3 is 2.64 bits per heavy atom. The summed E-state index contributed by atoms with van der Waals surface area (Å²) < 4.78 is 0. The summed E-state index contributed by atoms with van der Waals surface area (Å²) in [6.07, 6.45) is 2.75. The number of aromatic nitrogens is 1. The predicted octanol–water partition coefficient (Wildman–Crippen LogP) is 5.75. The van der Waals surface area contributed by atoms with Crippen LogP contribution in [0.5, 0.6) is 0 Å². The van der Waals surface area contributed by atoms with E-state index in [1.165, 1.54) is 11.3 Å². The van der Waals surface area contributed by atoms with E-state index in [-0.39, 0.29) is 5.91 Å². The number of amides is 2. The van der Waals surface area contributed by atoms with Crippen LogP contribution in [0.2, 0.25) is 0 Å². The van der Waals surface area contributed by atoms with Crippen molar-refractivity contribution in [2.45, 2.75) is 33.1 Å². The molecule has 3 N–H and O–H groups in total. The Morgan fingerprint density at radius 2 is 1.88 bits per heavy atom. The largest absolute Gasteiger partial charge is 0.365 e. The van der Waals surface area contributed by atoms with Crippen molar-refractivity contribution >= 4 is 39.1 Å². The fourth-order valence-corrected chi connectivity index (χ4v) is 5.92. The molecule has 0 bridgehead atoms. The highest BCUT2D eigenvalue weighted by Gasteiger charge is 2.27. The first-order chi connectivity index (χ1) is 15.9. The number of carbonyl (C=O) groups is 2. The first kappa shape index (κ1) is 21.3. The zero-order chi connectivity index (χ0) is 23.1. The van der Waals surface area contributed by atoms with Gasteiger partial charge < -0.3 is 11.1 Å². The number of aryl methyl sites for hydroxylation is 1. The first-order valence-corrected chi connectivity index (χ1v) is 11.9. The lowest BCUT2D eigenvalue weighted by molar-refractivity contribution is 0.1000. The summed E-state index contributed by atoms with van der Waals surface area (Å²) in [4.78, 5) is 31.8. The lowest BCUT2D eigenvalue weighted by Gasteiger charge is -2.18. The van der Waals surface area contributed by atoms with E-state index < -0.39 is 5.91 Å². The van der Waals surface area contributed by atoms with Gasteiger partial charge in [0.25, 0.3) is 11.8 Å². The van der Waals surface area contributed by atoms with Crippen LogP contribution in [0.25, 0.3) is 22.2 Å². The smallest absolute Gasteiger partial charge is 0.257 e. The number of para-hydroxylation sites is 1. The summed E-state index contributed by atoms with van der Waals surface area (Å²) >= 11 is 1.48. The molecule has 2 aromatic carbocycles. The highest BCUT2D eigenvalue weighted by molar-refractivity contribution is 7.17. The van der Waals surface area contributed by atoms with Gasteiger partial charge in [-0.15, -0.1) is 11.3 Å². The standard InChI is InChI=1S/C27H25N3O2S/c1-15-7-10-17(11-8-15)22-14-20(18-5-3-4-6-21(18)29-22)26(32)30-27-24(25(28)31)19-12-9-16(2)13-23(19)33-27/h3-8,10-11,14,16H,9,12-13H2,1-2H3,(H2,28,31)(H,30,32)/t16-/m1/s1. The molecule has 0 spiro atoms. The van der Waals surface area contributed by atoms with E-state index in [1.807, 2.05) is 61.5 Å². The van der Waals surface area contributed by atoms with Crippen molar-refractivity contribution in [2.24, 2.45) is 11.7 Å². The van der Waals surface area contributed by atoms with Gasteiger partial charge in [0.1, 0.15) is 5.00 Å². The van der Waals surface area contributed by atoms with Crippen LogP contribution in [0.4, 0.5) is 5.00 Å². The van der Waals surface area contributed by atoms with Gasteiger partial charge in [0.05, 0.1) is 22.3 Å². The Bertz CT molecular complexity index is 1390. The summed E-state index contributed by atoms with van der Waals surface area (Å²) in [6, 6.07) is 17.5. The third-order valence-electron chi connectivity index (χ3n) is 6.29. The summed E-state index contributed by atoms with van der Waals surface area (Å²) in [5.41, 5.74) is 11.3. The molecule has 4 aromatic rings. The summed E-state index contributed by atoms with van der Waals surface area (Å²) in [6.45, 7) is 4.24. The minimum Gasteiger partial charge on any atom is -0.365 e. The topological polar surface area (TPSA) is 85.1 Å². The molecule has 1 aliphatic carbocycles. The SMILES string of the molecule is Cc1ccc(-c2cc(C(=O)Nc3sc4c(c3C(N)=O)CC[C@@H](C)C4)c3ccccc3n2)cc1. The molecule has 1 atom stereocenters. The maximum Gasteiger partial charge on any atom is 0.257 e. The van der Waals surface area contributed by atoms with E-state index in [1.54, 1.807) is 0 Å². The van der Waals surface area contributed by atoms with Crippen LogP contribution in [0.1, 0.15) is 50.1 Å². The number of fused-ring (bicyclic) bond motifs is 2. The second kappa shape index (κ2) is 8.45. The molecule has 6 heteroatoms. The van der Waals surface area contributed by atoms with Crippen molar-refractivity contribution in [3.63, 3.8) is 0 Å². The number of hydrogen-bond acceptors (Lipinski definition) is 4. The molecular formula is C27H25N3O2S. The highest BCUT2D eigenvalue weighted by Crippen LogP contribution is 2.40. The molecule has 33 heavy (non-hydrogen) atoms. The van der Waals surface area contributed by atoms with Crippen molar-refractivity contribution in [3.05, 3.63) is 81.7 Å². The number of pyridine rings is 1. The minimum absolute atomic E-state index is 0.267. The predicted molar refractivity (Wildman–Crippen MR) is 134 cm³/mol. The van der Waals surface area contributed by atoms with Crippen LogP contribution in [0.3, 0.4) is 0 Å². The maximum absolute atomic E-state index is 13.5. The van der Waals surface area contributed by atoms with Gasteiger partial charge in [0.2, 0.25) is 0 Å². The summed E-state index contributed by atoms with van der Waals surface area (Å²) in [5, 5.41) is 4.32. The van der Waals surface area contributed by atoms with Crippen molar-refractivity contribution < 1.29 is 9.59 Å². The van der Waals surface area contributed by atoms with Gasteiger partial charge in [0.15, 0.2) is 0 Å². The Labute approximate surface area is 196 Å². The van der Waals surface area contributed by atoms with Gasteiger partial charge in [-0.05, 0) is 49.8 Å². The third kappa shape index (κ3) is 4.02. The average molecular weight is 456 g/mol. The van der Waals surface area contributed by atoms with E-state index >= 15 is 0 Å². The van der Waals surface area contributed by atoms with Crippen LogP contribution in [-0.4, -0.2) is 16.8 Å². The number of benzene rings is 2. The Hall–Kier alpha value is -3.51. The second-order valence-corrected chi connectivity index (χ2v) is 9.92. The van der Waals surface area contributed by atoms with E-state index in [0.29, 0.717) is 22.0 Å². The lowest BCUT2D eigenvalue weighted by Crippen LogP contribution is -2.19. The quantitative estimate of drug-likeness (QED) is 0.411. The fraction of sp³-hybridized carbons (Fsp3) is 0.222. The van der Waals surface area contributed by atoms with Crippen molar-refractivity contribution in [2.75, 3.05) is 5.32 Å². The van der Waals surface area contributed by atoms with Crippen molar-refractivity contribution in [1.82, 2.24) is 4.98 Å². The first-order valence-electron chi connectivity index (χ1n) is 11.1. The number of hydrogen-bond donors (Lipinski definition) is 2. The second-order valence-electron chi connectivity index (χ2n) is 8.81. The Kier molecular flexibility index (Phi) is 5.46. The molecule has 5 rings (SSSR count). The van der Waals surface area contributed by atoms with E-state index in [2.05, 4.69) is 12.2 Å². The Morgan fingerprint density at radius 1 is 1.12 bits per heavy atom. The van der Waals surface area contributed by atoms with Gasteiger partial charge in [-0.25, -0.2) is 4.98 Å². The Balaban J connectivity index is 1.58. The molecule has 0 saturated heterocycles. The molecule has 0 aliphatic heterocycles. The van der Waals surface area contributed by atoms with Crippen molar-refractivity contribution in [1.29, 1.82) is 0 Å². The number of thiophene rings is 1. The molecular weight excluding hydrogens is 430 g/mol. The zero-order valence-corrected chi connectivity index (χ0v) is 19.5. The molecule has 1 aliphatic rings. The molecule has 166 valence electrons. The lowest BCUT2D eigenvalue weighted by atomic mass is 9.88. The number of nitrogens with one attached hydrogen (secondary N) is 1. The summed E-state index contributed by atoms with van der Waals surface area (Å²) in [7, 11) is 0. The van der Waals surface area contributed by atoms with E-state index in [4.69, 9.17) is 10.7 Å². The zero-order valence-electron chi connectivity index (χ0n) is 18.6. The van der Waals surface area contributed by atoms with Crippen LogP contribution in [-0.2, 0) is 12.8 Å². The maximum atomic E-state index is 13.5. The molecule has 0 fully saturated rings. The molecule has 2 heterocycles. The fourth-order valence-electron chi connectivity index (χ4n) is 4.51. The normalized spacial score (nSPS) is 15.3. The molecule has 0 saturated carbocycles. The number of anilines is 1. The average Bonchev–Trinajstić information content (AvgIpc) is 3.15. The van der Waals surface area contributed by atoms with Gasteiger partial charge >= 0.3 is 0 Å². The monoisotopic (exact) mass is 455 g/mol. The highest BCUT2D eigenvalue weighted by atomic mass is 32.1. The van der Waals surface area contributed by atoms with Gasteiger partial charge in [-0.2, -0.15) is 0 Å². The number of primary amides is 1. The van der Waals surface area contributed by atoms with Crippen LogP contribution >= 0.6 is 11.3 Å². The summed E-state index contributed by atoms with van der Waals surface area (Å²) in [5.74, 6) is -0.199. The van der Waals surface area contributed by atoms with Crippen LogP contribution in [0, 0.1) is 12.8 Å². The molecule has 2 aromatic heterocycles. The van der Waals surface area contributed by atoms with Crippen molar-refractivity contribution in [3.8, 4) is 11.3 Å². The van der Waals surface area contributed by atoms with Crippen LogP contribution in [0.15, 0.2) is 54.6 Å². The molecule has 2 amide bonds. The van der Waals surface area contributed by atoms with Crippen LogP contribution < -0.4 is 11.1 Å².